The first-order valence-corrected chi connectivity index (χ1v) is 5.76. The van der Waals surface area contributed by atoms with Crippen molar-refractivity contribution in [3.63, 3.8) is 0 Å². The maximum Gasteiger partial charge on any atom is 0.302 e. The molecule has 0 aromatic heterocycles. The minimum absolute atomic E-state index is 0.0285. The van der Waals surface area contributed by atoms with Crippen LogP contribution in [-0.4, -0.2) is 17.8 Å². The van der Waals surface area contributed by atoms with E-state index >= 15 is 0 Å². The van der Waals surface area contributed by atoms with Crippen LogP contribution in [0.1, 0.15) is 18.4 Å². The van der Waals surface area contributed by atoms with E-state index in [1.54, 1.807) is 24.3 Å². The lowest BCUT2D eigenvalue weighted by atomic mass is 10.0. The summed E-state index contributed by atoms with van der Waals surface area (Å²) >= 11 is 8.75. The Labute approximate surface area is 107 Å². The average molecular weight is 306 g/mol. The summed E-state index contributed by atoms with van der Waals surface area (Å²) in [6, 6.07) is 7.13. The average Bonchev–Trinajstić information content (AvgIpc) is 2.20. The van der Waals surface area contributed by atoms with Gasteiger partial charge in [0, 0.05) is 11.4 Å². The fraction of sp³-hybridized carbons (Fsp3) is 0.273. The van der Waals surface area contributed by atoms with Gasteiger partial charge in [0.1, 0.15) is 6.61 Å². The molecule has 16 heavy (non-hydrogen) atoms. The number of rotatable bonds is 4. The van der Waals surface area contributed by atoms with E-state index in [1.807, 2.05) is 0 Å². The Balaban J connectivity index is 2.81. The summed E-state index contributed by atoms with van der Waals surface area (Å²) in [4.78, 5) is 21.9. The smallest absolute Gasteiger partial charge is 0.302 e. The van der Waals surface area contributed by atoms with Gasteiger partial charge < -0.3 is 4.74 Å². The number of benzene rings is 1. The third-order valence-electron chi connectivity index (χ3n) is 2.00. The zero-order chi connectivity index (χ0) is 12.1. The lowest BCUT2D eigenvalue weighted by Gasteiger charge is -2.12. The van der Waals surface area contributed by atoms with Crippen molar-refractivity contribution in [3.05, 3.63) is 34.3 Å². The summed E-state index contributed by atoms with van der Waals surface area (Å²) in [6.45, 7) is 1.26. The highest BCUT2D eigenvalue weighted by molar-refractivity contribution is 9.10. The molecular weight excluding hydrogens is 295 g/mol. The molecule has 0 fully saturated rings. The zero-order valence-corrected chi connectivity index (χ0v) is 10.9. The zero-order valence-electron chi connectivity index (χ0n) is 8.57. The van der Waals surface area contributed by atoms with E-state index in [0.717, 1.165) is 10.0 Å². The highest BCUT2D eigenvalue weighted by Crippen LogP contribution is 2.21. The molecule has 0 N–H and O–H groups in total. The molecule has 1 aromatic carbocycles. The molecular formula is C11H10BrClO3. The predicted octanol–water partition coefficient (Wildman–Crippen LogP) is 2.86. The Morgan fingerprint density at radius 3 is 2.38 bits per heavy atom. The molecule has 0 saturated carbocycles. The van der Waals surface area contributed by atoms with Gasteiger partial charge in [0.05, 0.1) is 5.92 Å². The number of carbonyl (C=O) groups excluding carboxylic acids is 2. The van der Waals surface area contributed by atoms with Crippen LogP contribution in [0, 0.1) is 0 Å². The largest absolute Gasteiger partial charge is 0.465 e. The molecule has 1 aromatic rings. The predicted molar refractivity (Wildman–Crippen MR) is 64.4 cm³/mol. The number of halogens is 2. The number of hydrogen-bond acceptors (Lipinski definition) is 3. The minimum Gasteiger partial charge on any atom is -0.465 e. The van der Waals surface area contributed by atoms with Crippen LogP contribution in [0.15, 0.2) is 28.7 Å². The third-order valence-corrected chi connectivity index (χ3v) is 2.79. The van der Waals surface area contributed by atoms with Crippen LogP contribution in [0.3, 0.4) is 0 Å². The molecule has 0 bridgehead atoms. The second-order valence-electron chi connectivity index (χ2n) is 3.21. The number of hydrogen-bond donors (Lipinski definition) is 0. The van der Waals surface area contributed by atoms with Crippen molar-refractivity contribution >= 4 is 38.7 Å². The molecule has 0 saturated heterocycles. The summed E-state index contributed by atoms with van der Waals surface area (Å²) in [5, 5.41) is -0.538. The molecule has 0 aliphatic carbocycles. The van der Waals surface area contributed by atoms with Crippen LogP contribution in [0.5, 0.6) is 0 Å². The molecule has 0 radical (unpaired) electrons. The molecule has 1 rings (SSSR count). The Morgan fingerprint density at radius 2 is 1.94 bits per heavy atom. The third kappa shape index (κ3) is 3.94. The summed E-state index contributed by atoms with van der Waals surface area (Å²) < 4.78 is 5.70. The van der Waals surface area contributed by atoms with Crippen molar-refractivity contribution in [1.82, 2.24) is 0 Å². The monoisotopic (exact) mass is 304 g/mol. The van der Waals surface area contributed by atoms with Gasteiger partial charge in [-0.15, -0.1) is 0 Å². The Kier molecular flexibility index (Phi) is 4.96. The van der Waals surface area contributed by atoms with Gasteiger partial charge >= 0.3 is 5.97 Å². The van der Waals surface area contributed by atoms with Crippen LogP contribution < -0.4 is 0 Å². The number of ether oxygens (including phenoxy) is 1. The van der Waals surface area contributed by atoms with E-state index in [4.69, 9.17) is 16.3 Å². The van der Waals surface area contributed by atoms with Gasteiger partial charge in [-0.3, -0.25) is 9.59 Å². The summed E-state index contributed by atoms with van der Waals surface area (Å²) in [6.07, 6.45) is 0. The van der Waals surface area contributed by atoms with Crippen molar-refractivity contribution < 1.29 is 14.3 Å². The highest BCUT2D eigenvalue weighted by Gasteiger charge is 2.20. The molecule has 3 nitrogen and oxygen atoms in total. The molecule has 5 heteroatoms. The molecule has 86 valence electrons. The molecule has 0 heterocycles. The van der Waals surface area contributed by atoms with Crippen LogP contribution in [0.25, 0.3) is 0 Å². The van der Waals surface area contributed by atoms with Crippen molar-refractivity contribution in [2.24, 2.45) is 0 Å². The molecule has 0 aliphatic heterocycles. The quantitative estimate of drug-likeness (QED) is 0.634. The van der Waals surface area contributed by atoms with Crippen LogP contribution in [0.2, 0.25) is 0 Å². The van der Waals surface area contributed by atoms with Gasteiger partial charge in [0.25, 0.3) is 0 Å². The molecule has 1 atom stereocenters. The maximum atomic E-state index is 11.2. The van der Waals surface area contributed by atoms with E-state index in [-0.39, 0.29) is 6.61 Å². The summed E-state index contributed by atoms with van der Waals surface area (Å²) in [5.41, 5.74) is 0.726. The van der Waals surface area contributed by atoms with E-state index in [9.17, 15) is 9.59 Å². The Morgan fingerprint density at radius 1 is 1.38 bits per heavy atom. The van der Waals surface area contributed by atoms with Crippen molar-refractivity contribution in [1.29, 1.82) is 0 Å². The van der Waals surface area contributed by atoms with Gasteiger partial charge in [0.15, 0.2) is 0 Å². The molecule has 0 spiro atoms. The van der Waals surface area contributed by atoms with Gasteiger partial charge in [0.2, 0.25) is 5.24 Å². The summed E-state index contributed by atoms with van der Waals surface area (Å²) in [7, 11) is 0. The second-order valence-corrected chi connectivity index (χ2v) is 4.50. The standard InChI is InChI=1S/C11H10BrClO3/c1-7(14)16-6-10(11(13)15)8-2-4-9(12)5-3-8/h2-5,10H,6H2,1H3/t10-/m1/s1. The van der Waals surface area contributed by atoms with E-state index in [1.165, 1.54) is 6.92 Å². The SMILES string of the molecule is CC(=O)OC[C@@H](C(=O)Cl)c1ccc(Br)cc1. The minimum atomic E-state index is -0.612. The molecule has 0 amide bonds. The number of carbonyl (C=O) groups is 2. The highest BCUT2D eigenvalue weighted by atomic mass is 79.9. The maximum absolute atomic E-state index is 11.2. The molecule has 0 unspecified atom stereocenters. The van der Waals surface area contributed by atoms with Crippen molar-refractivity contribution in [2.75, 3.05) is 6.61 Å². The van der Waals surface area contributed by atoms with Gasteiger partial charge in [-0.1, -0.05) is 28.1 Å². The Bertz CT molecular complexity index is 389. The van der Waals surface area contributed by atoms with Crippen LogP contribution in [-0.2, 0) is 14.3 Å². The normalized spacial score (nSPS) is 11.9. The van der Waals surface area contributed by atoms with Gasteiger partial charge in [-0.25, -0.2) is 0 Å². The van der Waals surface area contributed by atoms with E-state index in [2.05, 4.69) is 15.9 Å². The first kappa shape index (κ1) is 13.2. The lowest BCUT2D eigenvalue weighted by Crippen LogP contribution is -2.16. The van der Waals surface area contributed by atoms with E-state index < -0.39 is 17.1 Å². The first-order valence-electron chi connectivity index (χ1n) is 4.59. The lowest BCUT2D eigenvalue weighted by molar-refractivity contribution is -0.141. The summed E-state index contributed by atoms with van der Waals surface area (Å²) in [5.74, 6) is -1.04. The number of esters is 1. The fourth-order valence-electron chi connectivity index (χ4n) is 1.19. The fourth-order valence-corrected chi connectivity index (χ4v) is 1.64. The second kappa shape index (κ2) is 6.01. The van der Waals surface area contributed by atoms with E-state index in [0.29, 0.717) is 0 Å². The Hall–Kier alpha value is -0.870. The van der Waals surface area contributed by atoms with Gasteiger partial charge in [-0.05, 0) is 29.3 Å². The van der Waals surface area contributed by atoms with Crippen molar-refractivity contribution in [2.45, 2.75) is 12.8 Å². The van der Waals surface area contributed by atoms with Gasteiger partial charge in [-0.2, -0.15) is 0 Å². The van der Waals surface area contributed by atoms with Crippen LogP contribution >= 0.6 is 27.5 Å². The first-order chi connectivity index (χ1) is 7.50. The molecule has 0 aliphatic rings. The van der Waals surface area contributed by atoms with Crippen LogP contribution in [0.4, 0.5) is 0 Å². The van der Waals surface area contributed by atoms with Crippen molar-refractivity contribution in [3.8, 4) is 0 Å². The topological polar surface area (TPSA) is 43.4 Å².